The van der Waals surface area contributed by atoms with Crippen molar-refractivity contribution in [1.82, 2.24) is 4.90 Å². The molecule has 0 aromatic heterocycles. The minimum Gasteiger partial charge on any atom is -0.466 e. The number of carbonyl (C=O) groups excluding carboxylic acids is 3. The summed E-state index contributed by atoms with van der Waals surface area (Å²) in [5.74, 6) is -1.37. The first-order chi connectivity index (χ1) is 12.5. The molecule has 1 aliphatic heterocycles. The lowest BCUT2D eigenvalue weighted by Gasteiger charge is -2.33. The van der Waals surface area contributed by atoms with Crippen LogP contribution in [0.5, 0.6) is 0 Å². The Kier molecular flexibility index (Phi) is 6.77. The van der Waals surface area contributed by atoms with Gasteiger partial charge in [-0.3, -0.25) is 4.79 Å². The molecule has 2 rings (SSSR count). The van der Waals surface area contributed by atoms with Crippen LogP contribution in [0.2, 0.25) is 0 Å². The molecule has 1 saturated heterocycles. The van der Waals surface area contributed by atoms with Crippen LogP contribution >= 0.6 is 0 Å². The number of nitrogens with zero attached hydrogens (tertiary/aromatic N) is 1. The van der Waals surface area contributed by atoms with Gasteiger partial charge in [-0.2, -0.15) is 0 Å². The average Bonchev–Trinajstić information content (AvgIpc) is 2.67. The molecule has 1 amide bonds. The first kappa shape index (κ1) is 19.5. The molecule has 0 bridgehead atoms. The smallest absolute Gasteiger partial charge is 0.354 e. The van der Waals surface area contributed by atoms with Crippen molar-refractivity contribution < 1.29 is 23.9 Å². The maximum Gasteiger partial charge on any atom is 0.354 e. The summed E-state index contributed by atoms with van der Waals surface area (Å²) in [5.41, 5.74) is 1.08. The molecular weight excluding hydrogens is 336 g/mol. The number of amides is 1. The van der Waals surface area contributed by atoms with E-state index in [1.807, 2.05) is 4.90 Å². The first-order valence-electron chi connectivity index (χ1n) is 8.52. The molecule has 26 heavy (non-hydrogen) atoms. The van der Waals surface area contributed by atoms with Gasteiger partial charge in [-0.05, 0) is 50.5 Å². The van der Waals surface area contributed by atoms with Crippen molar-refractivity contribution in [2.24, 2.45) is 0 Å². The molecule has 1 unspecified atom stereocenters. The highest BCUT2D eigenvalue weighted by Crippen LogP contribution is 2.20. The van der Waals surface area contributed by atoms with Gasteiger partial charge >= 0.3 is 11.9 Å². The number of benzene rings is 1. The van der Waals surface area contributed by atoms with Crippen molar-refractivity contribution in [2.45, 2.75) is 32.2 Å². The van der Waals surface area contributed by atoms with Crippen molar-refractivity contribution in [3.63, 3.8) is 0 Å². The van der Waals surface area contributed by atoms with Crippen LogP contribution in [0.1, 0.15) is 36.5 Å². The van der Waals surface area contributed by atoms with Gasteiger partial charge in [0.25, 0.3) is 5.91 Å². The zero-order valence-electron chi connectivity index (χ0n) is 15.3. The van der Waals surface area contributed by atoms with E-state index in [4.69, 9.17) is 0 Å². The Hall–Kier alpha value is -2.83. The Morgan fingerprint density at radius 2 is 1.81 bits per heavy atom. The summed E-state index contributed by atoms with van der Waals surface area (Å²) in [6.45, 7) is 2.83. The molecule has 0 spiro atoms. The van der Waals surface area contributed by atoms with Crippen molar-refractivity contribution in [3.8, 4) is 0 Å². The number of ether oxygens (including phenoxy) is 2. The number of rotatable bonds is 5. The molecule has 0 aliphatic carbocycles. The molecule has 1 fully saturated rings. The predicted molar refractivity (Wildman–Crippen MR) is 96.5 cm³/mol. The van der Waals surface area contributed by atoms with Gasteiger partial charge < -0.3 is 19.7 Å². The van der Waals surface area contributed by atoms with Gasteiger partial charge in [-0.15, -0.1) is 0 Å². The number of carbonyl (C=O) groups is 3. The lowest BCUT2D eigenvalue weighted by Crippen LogP contribution is -2.42. The SMILES string of the molecule is COC(=O)/C=C(/Nc1ccc(C(=O)N2CCCCC2C)cc1)C(=O)OC. The van der Waals surface area contributed by atoms with Gasteiger partial charge in [0.15, 0.2) is 0 Å². The summed E-state index contributed by atoms with van der Waals surface area (Å²) in [7, 11) is 2.44. The summed E-state index contributed by atoms with van der Waals surface area (Å²) in [6.07, 6.45) is 4.21. The Labute approximate surface area is 153 Å². The van der Waals surface area contributed by atoms with Crippen LogP contribution in [0.15, 0.2) is 36.0 Å². The molecule has 1 atom stereocenters. The van der Waals surface area contributed by atoms with Crippen molar-refractivity contribution >= 4 is 23.5 Å². The fraction of sp³-hybridized carbons (Fsp3) is 0.421. The Morgan fingerprint density at radius 1 is 1.12 bits per heavy atom. The van der Waals surface area contributed by atoms with Crippen LogP contribution in [0.4, 0.5) is 5.69 Å². The maximum absolute atomic E-state index is 12.6. The summed E-state index contributed by atoms with van der Waals surface area (Å²) >= 11 is 0. The lowest BCUT2D eigenvalue weighted by molar-refractivity contribution is -0.138. The van der Waals surface area contributed by atoms with E-state index in [-0.39, 0.29) is 17.6 Å². The number of likely N-dealkylation sites (tertiary alicyclic amines) is 1. The van der Waals surface area contributed by atoms with Gasteiger partial charge in [0.05, 0.1) is 20.3 Å². The normalized spacial score (nSPS) is 17.4. The van der Waals surface area contributed by atoms with Crippen LogP contribution in [-0.4, -0.2) is 49.6 Å². The van der Waals surface area contributed by atoms with Crippen LogP contribution in [0.25, 0.3) is 0 Å². The third-order valence-corrected chi connectivity index (χ3v) is 4.34. The number of hydrogen-bond acceptors (Lipinski definition) is 6. The molecule has 1 N–H and O–H groups in total. The second-order valence-corrected chi connectivity index (χ2v) is 6.12. The summed E-state index contributed by atoms with van der Waals surface area (Å²) in [5, 5.41) is 2.81. The zero-order valence-corrected chi connectivity index (χ0v) is 15.3. The highest BCUT2D eigenvalue weighted by Gasteiger charge is 2.24. The minimum atomic E-state index is -0.697. The number of piperidine rings is 1. The second-order valence-electron chi connectivity index (χ2n) is 6.12. The lowest BCUT2D eigenvalue weighted by atomic mass is 10.0. The van der Waals surface area contributed by atoms with Crippen molar-refractivity contribution in [3.05, 3.63) is 41.6 Å². The Morgan fingerprint density at radius 3 is 2.38 bits per heavy atom. The monoisotopic (exact) mass is 360 g/mol. The fourth-order valence-electron chi connectivity index (χ4n) is 2.85. The quantitative estimate of drug-likeness (QED) is 0.641. The molecule has 7 nitrogen and oxygen atoms in total. The van der Waals surface area contributed by atoms with Gasteiger partial charge in [0, 0.05) is 23.8 Å². The molecule has 140 valence electrons. The topological polar surface area (TPSA) is 84.9 Å². The van der Waals surface area contributed by atoms with Crippen LogP contribution < -0.4 is 5.32 Å². The highest BCUT2D eigenvalue weighted by atomic mass is 16.5. The van der Waals surface area contributed by atoms with Gasteiger partial charge in [0.2, 0.25) is 0 Å². The Balaban J connectivity index is 2.12. The third kappa shape index (κ3) is 4.84. The number of hydrogen-bond donors (Lipinski definition) is 1. The molecule has 0 radical (unpaired) electrons. The largest absolute Gasteiger partial charge is 0.466 e. The molecule has 1 heterocycles. The first-order valence-corrected chi connectivity index (χ1v) is 8.52. The molecule has 1 aromatic rings. The molecule has 0 saturated carbocycles. The van der Waals surface area contributed by atoms with E-state index in [0.29, 0.717) is 11.3 Å². The van der Waals surface area contributed by atoms with Gasteiger partial charge in [-0.1, -0.05) is 0 Å². The molecule has 1 aliphatic rings. The second kappa shape index (κ2) is 9.03. The number of esters is 2. The molecular formula is C19H24N2O5. The van der Waals surface area contributed by atoms with Crippen LogP contribution in [0, 0.1) is 0 Å². The van der Waals surface area contributed by atoms with E-state index in [0.717, 1.165) is 31.9 Å². The Bertz CT molecular complexity index is 696. The summed E-state index contributed by atoms with van der Waals surface area (Å²) in [4.78, 5) is 37.7. The molecule has 1 aromatic carbocycles. The van der Waals surface area contributed by atoms with E-state index < -0.39 is 11.9 Å². The number of anilines is 1. The van der Waals surface area contributed by atoms with Crippen LogP contribution in [-0.2, 0) is 19.1 Å². The highest BCUT2D eigenvalue weighted by molar-refractivity contribution is 5.99. The fourth-order valence-corrected chi connectivity index (χ4v) is 2.85. The minimum absolute atomic E-state index is 0.00189. The van der Waals surface area contributed by atoms with E-state index in [9.17, 15) is 14.4 Å². The number of nitrogens with one attached hydrogen (secondary N) is 1. The average molecular weight is 360 g/mol. The number of methoxy groups -OCH3 is 2. The third-order valence-electron chi connectivity index (χ3n) is 4.34. The summed E-state index contributed by atoms with van der Waals surface area (Å²) < 4.78 is 9.17. The zero-order chi connectivity index (χ0) is 19.1. The van der Waals surface area contributed by atoms with E-state index >= 15 is 0 Å². The maximum atomic E-state index is 12.6. The van der Waals surface area contributed by atoms with E-state index in [1.54, 1.807) is 24.3 Å². The van der Waals surface area contributed by atoms with Crippen molar-refractivity contribution in [1.29, 1.82) is 0 Å². The van der Waals surface area contributed by atoms with E-state index in [1.165, 1.54) is 14.2 Å². The van der Waals surface area contributed by atoms with E-state index in [2.05, 4.69) is 21.7 Å². The summed E-state index contributed by atoms with van der Waals surface area (Å²) in [6, 6.07) is 6.98. The predicted octanol–water partition coefficient (Wildman–Crippen LogP) is 2.34. The van der Waals surface area contributed by atoms with Gasteiger partial charge in [-0.25, -0.2) is 9.59 Å². The molecule has 7 heteroatoms. The van der Waals surface area contributed by atoms with Crippen molar-refractivity contribution in [2.75, 3.05) is 26.1 Å². The standard InChI is InChI=1S/C19H24N2O5/c1-13-6-4-5-11-21(13)18(23)14-7-9-15(10-8-14)20-16(19(24)26-3)12-17(22)25-2/h7-10,12-13,20H,4-6,11H2,1-3H3/b16-12+. The van der Waals surface area contributed by atoms with Crippen LogP contribution in [0.3, 0.4) is 0 Å². The van der Waals surface area contributed by atoms with Gasteiger partial charge in [0.1, 0.15) is 5.70 Å².